The molecule has 0 fully saturated rings. The second kappa shape index (κ2) is 15.8. The molecule has 0 atom stereocenters. The van der Waals surface area contributed by atoms with Gasteiger partial charge in [-0.3, -0.25) is 0 Å². The van der Waals surface area contributed by atoms with Gasteiger partial charge in [0.2, 0.25) is 0 Å². The molecule has 0 spiro atoms. The second-order valence-corrected chi connectivity index (χ2v) is 8.95. The molecule has 1 N–H and O–H groups in total. The Kier molecular flexibility index (Phi) is 13.2. The van der Waals surface area contributed by atoms with Crippen LogP contribution in [0.3, 0.4) is 0 Å². The number of nitrogens with zero attached hydrogens (tertiary/aromatic N) is 1. The van der Waals surface area contributed by atoms with Gasteiger partial charge in [0.1, 0.15) is 5.82 Å². The molecule has 1 aromatic carbocycles. The van der Waals surface area contributed by atoms with Crippen LogP contribution in [0, 0.1) is 0 Å². The van der Waals surface area contributed by atoms with E-state index in [2.05, 4.69) is 35.1 Å². The van der Waals surface area contributed by atoms with Crippen LogP contribution < -0.4 is 0 Å². The van der Waals surface area contributed by atoms with Crippen LogP contribution in [0.1, 0.15) is 121 Å². The van der Waals surface area contributed by atoms with Crippen LogP contribution in [-0.2, 0) is 12.3 Å². The number of aromatic amines is 1. The Bertz CT molecular complexity index is 649. The molecule has 3 heteroatoms. The molecule has 1 aromatic heterocycles. The third-order valence-corrected chi connectivity index (χ3v) is 6.33. The number of halogens is 1. The first kappa shape index (κ1) is 24.3. The van der Waals surface area contributed by atoms with Crippen LogP contribution >= 0.6 is 11.6 Å². The van der Waals surface area contributed by atoms with Crippen molar-refractivity contribution in [1.82, 2.24) is 9.97 Å². The van der Waals surface area contributed by atoms with E-state index in [1.165, 1.54) is 114 Å². The fraction of sp³-hybridized carbons (Fsp3) is 0.731. The molecule has 2 aromatic rings. The summed E-state index contributed by atoms with van der Waals surface area (Å²) in [6.45, 7) is 2.29. The number of aryl methyl sites for hydroxylation is 1. The van der Waals surface area contributed by atoms with E-state index >= 15 is 0 Å². The van der Waals surface area contributed by atoms with E-state index in [1.54, 1.807) is 0 Å². The summed E-state index contributed by atoms with van der Waals surface area (Å²) in [5, 5.41) is 0. The van der Waals surface area contributed by atoms with Crippen LogP contribution in [0.4, 0.5) is 0 Å². The zero-order valence-electron chi connectivity index (χ0n) is 18.8. The molecule has 2 nitrogen and oxygen atoms in total. The topological polar surface area (TPSA) is 28.7 Å². The molecule has 0 aliphatic rings. The number of imidazole rings is 1. The average Bonchev–Trinajstić information content (AvgIpc) is 3.17. The molecule has 0 aliphatic heterocycles. The maximum absolute atomic E-state index is 5.91. The zero-order chi connectivity index (χ0) is 20.6. The summed E-state index contributed by atoms with van der Waals surface area (Å²) in [7, 11) is 0. The zero-order valence-corrected chi connectivity index (χ0v) is 19.5. The predicted octanol–water partition coefficient (Wildman–Crippen LogP) is 9.11. The van der Waals surface area contributed by atoms with E-state index < -0.39 is 0 Å². The average molecular weight is 419 g/mol. The molecular formula is C26H43ClN2. The standard InChI is InChI=1S/C26H43ClN2/c1-2-3-4-5-6-7-8-9-10-11-12-13-14-15-16-17-19-23-20-18-21-24-26(23)29-25(22-27)28-24/h18,20-21H,2-17,19,22H2,1H3,(H,28,29). The minimum atomic E-state index is 0.452. The van der Waals surface area contributed by atoms with Gasteiger partial charge in [-0.15, -0.1) is 11.6 Å². The molecule has 0 radical (unpaired) electrons. The van der Waals surface area contributed by atoms with Gasteiger partial charge in [0.25, 0.3) is 0 Å². The Morgan fingerprint density at radius 3 is 1.76 bits per heavy atom. The van der Waals surface area contributed by atoms with E-state index in [0.717, 1.165) is 17.8 Å². The summed E-state index contributed by atoms with van der Waals surface area (Å²) in [5.41, 5.74) is 3.62. The summed E-state index contributed by atoms with van der Waals surface area (Å²) < 4.78 is 0. The van der Waals surface area contributed by atoms with Crippen molar-refractivity contribution in [3.63, 3.8) is 0 Å². The van der Waals surface area contributed by atoms with Gasteiger partial charge in [0.15, 0.2) is 0 Å². The van der Waals surface area contributed by atoms with Crippen molar-refractivity contribution in [3.8, 4) is 0 Å². The second-order valence-electron chi connectivity index (χ2n) is 8.68. The van der Waals surface area contributed by atoms with E-state index in [-0.39, 0.29) is 0 Å². The Labute approximate surface area is 184 Å². The monoisotopic (exact) mass is 418 g/mol. The summed E-state index contributed by atoms with van der Waals surface area (Å²) >= 11 is 5.91. The first-order valence-corrected chi connectivity index (χ1v) is 12.9. The Balaban J connectivity index is 1.40. The molecule has 1 heterocycles. The smallest absolute Gasteiger partial charge is 0.122 e. The van der Waals surface area contributed by atoms with Gasteiger partial charge < -0.3 is 4.98 Å². The number of aromatic nitrogens is 2. The van der Waals surface area contributed by atoms with Crippen molar-refractivity contribution in [2.75, 3.05) is 0 Å². The van der Waals surface area contributed by atoms with E-state index in [9.17, 15) is 0 Å². The highest BCUT2D eigenvalue weighted by atomic mass is 35.5. The van der Waals surface area contributed by atoms with Gasteiger partial charge in [0.05, 0.1) is 16.9 Å². The van der Waals surface area contributed by atoms with Crippen LogP contribution in [-0.4, -0.2) is 9.97 Å². The summed E-state index contributed by atoms with van der Waals surface area (Å²) in [5.74, 6) is 1.33. The number of fused-ring (bicyclic) bond motifs is 1. The van der Waals surface area contributed by atoms with E-state index in [1.807, 2.05) is 0 Å². The van der Waals surface area contributed by atoms with Crippen molar-refractivity contribution in [2.24, 2.45) is 0 Å². The van der Waals surface area contributed by atoms with Gasteiger partial charge in [-0.05, 0) is 24.5 Å². The summed E-state index contributed by atoms with van der Waals surface area (Å²) in [4.78, 5) is 7.90. The molecule has 29 heavy (non-hydrogen) atoms. The highest BCUT2D eigenvalue weighted by Gasteiger charge is 2.06. The summed E-state index contributed by atoms with van der Waals surface area (Å²) in [6, 6.07) is 6.41. The number of hydrogen-bond acceptors (Lipinski definition) is 1. The quantitative estimate of drug-likeness (QED) is 0.189. The minimum absolute atomic E-state index is 0.452. The minimum Gasteiger partial charge on any atom is -0.341 e. The number of para-hydroxylation sites is 1. The maximum Gasteiger partial charge on any atom is 0.122 e. The molecular weight excluding hydrogens is 376 g/mol. The van der Waals surface area contributed by atoms with E-state index in [0.29, 0.717) is 5.88 Å². The lowest BCUT2D eigenvalue weighted by Gasteiger charge is -2.04. The lowest BCUT2D eigenvalue weighted by molar-refractivity contribution is 0.529. The molecule has 0 saturated heterocycles. The van der Waals surface area contributed by atoms with Crippen LogP contribution in [0.15, 0.2) is 18.2 Å². The first-order valence-electron chi connectivity index (χ1n) is 12.4. The number of H-pyrrole nitrogens is 1. The van der Waals surface area contributed by atoms with Crippen LogP contribution in [0.5, 0.6) is 0 Å². The Morgan fingerprint density at radius 1 is 0.724 bits per heavy atom. The number of alkyl halides is 1. The highest BCUT2D eigenvalue weighted by molar-refractivity contribution is 6.16. The van der Waals surface area contributed by atoms with Gasteiger partial charge in [-0.25, -0.2) is 4.98 Å². The molecule has 164 valence electrons. The van der Waals surface area contributed by atoms with Gasteiger partial charge in [-0.1, -0.05) is 115 Å². The van der Waals surface area contributed by atoms with Crippen molar-refractivity contribution in [3.05, 3.63) is 29.6 Å². The largest absolute Gasteiger partial charge is 0.341 e. The summed E-state index contributed by atoms with van der Waals surface area (Å²) in [6.07, 6.45) is 23.8. The third kappa shape index (κ3) is 10.0. The van der Waals surface area contributed by atoms with Gasteiger partial charge in [0, 0.05) is 0 Å². The fourth-order valence-electron chi connectivity index (χ4n) is 4.28. The van der Waals surface area contributed by atoms with Gasteiger partial charge >= 0.3 is 0 Å². The number of nitrogens with one attached hydrogen (secondary N) is 1. The number of hydrogen-bond donors (Lipinski definition) is 1. The van der Waals surface area contributed by atoms with E-state index in [4.69, 9.17) is 11.6 Å². The normalized spacial score (nSPS) is 11.5. The fourth-order valence-corrected chi connectivity index (χ4v) is 4.40. The van der Waals surface area contributed by atoms with Crippen molar-refractivity contribution in [1.29, 1.82) is 0 Å². The molecule has 0 aliphatic carbocycles. The number of unbranched alkanes of at least 4 members (excludes halogenated alkanes) is 15. The predicted molar refractivity (Wildman–Crippen MR) is 129 cm³/mol. The van der Waals surface area contributed by atoms with Crippen LogP contribution in [0.25, 0.3) is 11.0 Å². The first-order chi connectivity index (χ1) is 14.3. The maximum atomic E-state index is 5.91. The SMILES string of the molecule is CCCCCCCCCCCCCCCCCCc1cccc2nc(CCl)[nH]c12. The number of benzene rings is 1. The van der Waals surface area contributed by atoms with Crippen molar-refractivity contribution >= 4 is 22.6 Å². The Hall–Kier alpha value is -1.02. The lowest BCUT2D eigenvalue weighted by Crippen LogP contribution is -1.89. The molecule has 0 unspecified atom stereocenters. The van der Waals surface area contributed by atoms with Gasteiger partial charge in [-0.2, -0.15) is 0 Å². The lowest BCUT2D eigenvalue weighted by atomic mass is 10.0. The third-order valence-electron chi connectivity index (χ3n) is 6.08. The molecule has 0 amide bonds. The Morgan fingerprint density at radius 2 is 1.24 bits per heavy atom. The van der Waals surface area contributed by atoms with Crippen molar-refractivity contribution < 1.29 is 0 Å². The van der Waals surface area contributed by atoms with Crippen molar-refractivity contribution in [2.45, 2.75) is 122 Å². The highest BCUT2D eigenvalue weighted by Crippen LogP contribution is 2.20. The van der Waals surface area contributed by atoms with Crippen LogP contribution in [0.2, 0.25) is 0 Å². The molecule has 0 saturated carbocycles. The number of rotatable bonds is 18. The molecule has 0 bridgehead atoms. The molecule has 2 rings (SSSR count).